The maximum absolute atomic E-state index is 5.50. The fourth-order valence-corrected chi connectivity index (χ4v) is 2.27. The molecule has 0 bridgehead atoms. The van der Waals surface area contributed by atoms with Crippen LogP contribution in [0.1, 0.15) is 5.01 Å². The van der Waals surface area contributed by atoms with Crippen LogP contribution in [0.25, 0.3) is 11.3 Å². The Balaban J connectivity index is 2.37. The number of hydrogen-bond acceptors (Lipinski definition) is 3. The molecule has 0 spiro atoms. The summed E-state index contributed by atoms with van der Waals surface area (Å²) in [5.74, 6) is 0. The molecule has 0 saturated heterocycles. The molecule has 1 heterocycles. The van der Waals surface area contributed by atoms with E-state index >= 15 is 0 Å². The number of nitrogens with zero attached hydrogens (tertiary/aromatic N) is 1. The van der Waals surface area contributed by atoms with E-state index < -0.39 is 0 Å². The highest BCUT2D eigenvalue weighted by Gasteiger charge is 2.05. The van der Waals surface area contributed by atoms with Crippen molar-refractivity contribution in [2.75, 3.05) is 0 Å². The molecule has 1 aromatic carbocycles. The normalized spacial score (nSPS) is 10.2. The van der Waals surface area contributed by atoms with Gasteiger partial charge < -0.3 is 5.73 Å². The number of aromatic nitrogens is 1. The van der Waals surface area contributed by atoms with Crippen LogP contribution in [0.3, 0.4) is 0 Å². The van der Waals surface area contributed by atoms with Gasteiger partial charge >= 0.3 is 0 Å². The fourth-order valence-electron chi connectivity index (χ4n) is 1.14. The van der Waals surface area contributed by atoms with Gasteiger partial charge in [0, 0.05) is 15.4 Å². The van der Waals surface area contributed by atoms with Gasteiger partial charge in [0.2, 0.25) is 0 Å². The van der Waals surface area contributed by atoms with Crippen LogP contribution in [0.15, 0.2) is 34.1 Å². The Hall–Kier alpha value is -0.780. The van der Waals surface area contributed by atoms with E-state index in [0.29, 0.717) is 10.00 Å². The van der Waals surface area contributed by atoms with E-state index in [-0.39, 0.29) is 0 Å². The second-order valence-corrected chi connectivity index (χ2v) is 5.12. The van der Waals surface area contributed by atoms with Crippen LogP contribution in [0.2, 0.25) is 0 Å². The van der Waals surface area contributed by atoms with Crippen LogP contribution >= 0.6 is 39.5 Å². The number of thiocarbonyl (C=S) groups is 1. The molecule has 0 radical (unpaired) electrons. The molecule has 0 aliphatic carbocycles. The van der Waals surface area contributed by atoms with Crippen molar-refractivity contribution in [1.82, 2.24) is 4.98 Å². The maximum atomic E-state index is 5.50. The zero-order chi connectivity index (χ0) is 10.8. The molecule has 5 heteroatoms. The highest BCUT2D eigenvalue weighted by Crippen LogP contribution is 2.23. The first-order valence-electron chi connectivity index (χ1n) is 4.18. The van der Waals surface area contributed by atoms with Crippen molar-refractivity contribution in [1.29, 1.82) is 0 Å². The summed E-state index contributed by atoms with van der Waals surface area (Å²) in [7, 11) is 0. The van der Waals surface area contributed by atoms with E-state index in [1.165, 1.54) is 11.3 Å². The SMILES string of the molecule is NC(=S)c1nc(-c2ccc(Br)cc2)cs1. The monoisotopic (exact) mass is 298 g/mol. The summed E-state index contributed by atoms with van der Waals surface area (Å²) in [6.07, 6.45) is 0. The van der Waals surface area contributed by atoms with Crippen LogP contribution in [-0.4, -0.2) is 9.97 Å². The largest absolute Gasteiger partial charge is 0.387 e. The van der Waals surface area contributed by atoms with E-state index in [0.717, 1.165) is 15.7 Å². The molecular formula is C10H7BrN2S2. The minimum atomic E-state index is 0.350. The summed E-state index contributed by atoms with van der Waals surface area (Å²) in [5.41, 5.74) is 7.48. The van der Waals surface area contributed by atoms with Crippen molar-refractivity contribution >= 4 is 44.5 Å². The number of halogens is 1. The first-order valence-corrected chi connectivity index (χ1v) is 6.26. The number of benzene rings is 1. The number of hydrogen-bond donors (Lipinski definition) is 1. The lowest BCUT2D eigenvalue weighted by Gasteiger charge is -1.96. The summed E-state index contributed by atoms with van der Waals surface area (Å²) < 4.78 is 1.05. The molecule has 0 aliphatic heterocycles. The predicted octanol–water partition coefficient (Wildman–Crippen LogP) is 3.21. The third kappa shape index (κ3) is 2.42. The number of nitrogens with two attached hydrogens (primary N) is 1. The Morgan fingerprint density at radius 3 is 2.53 bits per heavy atom. The zero-order valence-corrected chi connectivity index (χ0v) is 10.8. The second-order valence-electron chi connectivity index (χ2n) is 2.91. The molecule has 1 aromatic heterocycles. The van der Waals surface area contributed by atoms with Gasteiger partial charge in [-0.05, 0) is 12.1 Å². The highest BCUT2D eigenvalue weighted by atomic mass is 79.9. The minimum absolute atomic E-state index is 0.350. The quantitative estimate of drug-likeness (QED) is 0.866. The van der Waals surface area contributed by atoms with E-state index in [1.807, 2.05) is 29.6 Å². The summed E-state index contributed by atoms with van der Waals surface area (Å²) in [6, 6.07) is 7.97. The van der Waals surface area contributed by atoms with Crippen molar-refractivity contribution in [3.8, 4) is 11.3 Å². The average Bonchev–Trinajstić information content (AvgIpc) is 2.68. The Morgan fingerprint density at radius 2 is 2.00 bits per heavy atom. The number of rotatable bonds is 2. The zero-order valence-electron chi connectivity index (χ0n) is 7.61. The summed E-state index contributed by atoms with van der Waals surface area (Å²) in [6.45, 7) is 0. The van der Waals surface area contributed by atoms with E-state index in [9.17, 15) is 0 Å². The van der Waals surface area contributed by atoms with Crippen LogP contribution < -0.4 is 5.73 Å². The molecule has 15 heavy (non-hydrogen) atoms. The molecule has 2 N–H and O–H groups in total. The smallest absolute Gasteiger partial charge is 0.151 e. The van der Waals surface area contributed by atoms with Gasteiger partial charge in [0.1, 0.15) is 4.99 Å². The van der Waals surface area contributed by atoms with Crippen LogP contribution in [0, 0.1) is 0 Å². The Bertz CT molecular complexity index is 490. The molecule has 76 valence electrons. The summed E-state index contributed by atoms with van der Waals surface area (Å²) in [5, 5.41) is 2.67. The molecule has 2 aromatic rings. The second kappa shape index (κ2) is 4.38. The predicted molar refractivity (Wildman–Crippen MR) is 71.1 cm³/mol. The molecule has 0 atom stereocenters. The lowest BCUT2D eigenvalue weighted by Crippen LogP contribution is -2.08. The number of thiazole rings is 1. The van der Waals surface area contributed by atoms with Crippen LogP contribution in [0.5, 0.6) is 0 Å². The van der Waals surface area contributed by atoms with Crippen molar-refractivity contribution in [2.45, 2.75) is 0 Å². The molecule has 2 nitrogen and oxygen atoms in total. The highest BCUT2D eigenvalue weighted by molar-refractivity contribution is 9.10. The van der Waals surface area contributed by atoms with Gasteiger partial charge in [0.15, 0.2) is 5.01 Å². The maximum Gasteiger partial charge on any atom is 0.151 e. The van der Waals surface area contributed by atoms with Crippen molar-refractivity contribution in [3.05, 3.63) is 39.1 Å². The summed E-state index contributed by atoms with van der Waals surface area (Å²) >= 11 is 9.72. The van der Waals surface area contributed by atoms with E-state index in [2.05, 4.69) is 20.9 Å². The third-order valence-electron chi connectivity index (χ3n) is 1.85. The van der Waals surface area contributed by atoms with Crippen LogP contribution in [0.4, 0.5) is 0 Å². The lowest BCUT2D eigenvalue weighted by molar-refractivity contribution is 1.38. The van der Waals surface area contributed by atoms with E-state index in [4.69, 9.17) is 18.0 Å². The molecule has 2 rings (SSSR count). The molecule has 0 fully saturated rings. The van der Waals surface area contributed by atoms with Gasteiger partial charge in [0.05, 0.1) is 5.69 Å². The van der Waals surface area contributed by atoms with Crippen molar-refractivity contribution in [2.24, 2.45) is 5.73 Å². The Labute approximate surface area is 105 Å². The molecule has 0 unspecified atom stereocenters. The standard InChI is InChI=1S/C10H7BrN2S2/c11-7-3-1-6(2-4-7)8-5-15-10(13-8)9(12)14/h1-5H,(H2,12,14). The average molecular weight is 299 g/mol. The molecule has 0 amide bonds. The summed E-state index contributed by atoms with van der Waals surface area (Å²) in [4.78, 5) is 4.70. The topological polar surface area (TPSA) is 38.9 Å². The first kappa shape index (κ1) is 10.7. The minimum Gasteiger partial charge on any atom is -0.387 e. The van der Waals surface area contributed by atoms with Gasteiger partial charge in [-0.15, -0.1) is 11.3 Å². The fraction of sp³-hybridized carbons (Fsp3) is 0. The first-order chi connectivity index (χ1) is 7.16. The van der Waals surface area contributed by atoms with Gasteiger partial charge in [-0.25, -0.2) is 4.98 Å². The molecular weight excluding hydrogens is 292 g/mol. The Morgan fingerprint density at radius 1 is 1.33 bits per heavy atom. The van der Waals surface area contributed by atoms with Gasteiger partial charge in [-0.1, -0.05) is 40.3 Å². The van der Waals surface area contributed by atoms with Gasteiger partial charge in [-0.2, -0.15) is 0 Å². The van der Waals surface area contributed by atoms with Crippen LogP contribution in [-0.2, 0) is 0 Å². The van der Waals surface area contributed by atoms with Crippen molar-refractivity contribution < 1.29 is 0 Å². The molecule has 0 aliphatic rings. The third-order valence-corrected chi connectivity index (χ3v) is 3.58. The van der Waals surface area contributed by atoms with Gasteiger partial charge in [-0.3, -0.25) is 0 Å². The van der Waals surface area contributed by atoms with Gasteiger partial charge in [0.25, 0.3) is 0 Å². The lowest BCUT2D eigenvalue weighted by atomic mass is 10.2. The van der Waals surface area contributed by atoms with E-state index in [1.54, 1.807) is 0 Å². The van der Waals surface area contributed by atoms with Crippen molar-refractivity contribution in [3.63, 3.8) is 0 Å². The molecule has 0 saturated carbocycles. The Kier molecular flexibility index (Phi) is 3.14.